The lowest BCUT2D eigenvalue weighted by molar-refractivity contribution is -0.127. The number of guanidine groups is 1. The highest BCUT2D eigenvalue weighted by atomic mass is 35.5. The minimum atomic E-state index is -4.02. The summed E-state index contributed by atoms with van der Waals surface area (Å²) in [7, 11) is -4.02. The number of amides is 3. The number of aliphatic hydroxyl groups excluding tert-OH is 1. The monoisotopic (exact) mass is 546 g/mol. The number of hydrogen-bond acceptors (Lipinski definition) is 7. The second-order valence-electron chi connectivity index (χ2n) is 6.92. The van der Waals surface area contributed by atoms with Crippen LogP contribution in [-0.2, 0) is 25.4 Å². The van der Waals surface area contributed by atoms with Crippen molar-refractivity contribution in [3.63, 3.8) is 0 Å². The topological polar surface area (TPSA) is 206 Å². The maximum atomic E-state index is 12.3. The second-order valence-corrected chi connectivity index (χ2v) is 9.11. The number of aliphatic imine (C=N–C) groups is 1. The number of sulfonamides is 1. The van der Waals surface area contributed by atoms with E-state index < -0.39 is 52.7 Å². The fourth-order valence-electron chi connectivity index (χ4n) is 2.65. The van der Waals surface area contributed by atoms with Crippen molar-refractivity contribution in [1.29, 1.82) is 0 Å². The summed E-state index contributed by atoms with van der Waals surface area (Å²) in [5.74, 6) is -3.19. The second kappa shape index (κ2) is 13.6. The SMILES string of the molecule is Cl.NC(N)=Nc1ccc(C(=O)NC(=O)CNC(=O)[C@H](CO)NS(=O)(=O)Cc2cccc(Cl)c2)cc1. The van der Waals surface area contributed by atoms with Crippen molar-refractivity contribution in [2.45, 2.75) is 11.8 Å². The van der Waals surface area contributed by atoms with E-state index in [0.29, 0.717) is 16.3 Å². The molecule has 0 spiro atoms. The molecule has 0 aromatic heterocycles. The standard InChI is InChI=1S/C20H23ClN6O6S.ClH/c21-14-3-1-2-12(8-14)11-34(32,33)27-16(10-28)19(31)24-9-17(29)26-18(30)13-4-6-15(7-5-13)25-20(22)23;/h1-8,16,27-28H,9-11H2,(H,24,31)(H4,22,23,25)(H,26,29,30);1H/t16-;/m0./s1. The fraction of sp³-hybridized carbons (Fsp3) is 0.200. The lowest BCUT2D eigenvalue weighted by Gasteiger charge is -2.16. The summed E-state index contributed by atoms with van der Waals surface area (Å²) in [4.78, 5) is 40.2. The number of benzene rings is 2. The molecule has 0 bridgehead atoms. The molecule has 0 fully saturated rings. The predicted octanol–water partition coefficient (Wildman–Crippen LogP) is -0.480. The van der Waals surface area contributed by atoms with Crippen LogP contribution in [0.2, 0.25) is 5.02 Å². The van der Waals surface area contributed by atoms with Crippen molar-refractivity contribution in [2.75, 3.05) is 13.2 Å². The first-order valence-electron chi connectivity index (χ1n) is 9.66. The van der Waals surface area contributed by atoms with Crippen molar-refractivity contribution in [3.05, 3.63) is 64.7 Å². The van der Waals surface area contributed by atoms with Gasteiger partial charge in [0.1, 0.15) is 6.04 Å². The number of imide groups is 1. The van der Waals surface area contributed by atoms with E-state index in [0.717, 1.165) is 0 Å². The summed E-state index contributed by atoms with van der Waals surface area (Å²) in [5.41, 5.74) is 11.4. The quantitative estimate of drug-likeness (QED) is 0.169. The molecular formula is C20H24Cl2N6O6S. The van der Waals surface area contributed by atoms with Gasteiger partial charge in [-0.3, -0.25) is 19.7 Å². The molecule has 2 aromatic carbocycles. The summed E-state index contributed by atoms with van der Waals surface area (Å²) in [6.45, 7) is -1.49. The number of hydrogen-bond donors (Lipinski definition) is 6. The van der Waals surface area contributed by atoms with Crippen LogP contribution in [0, 0.1) is 0 Å². The van der Waals surface area contributed by atoms with Crippen molar-refractivity contribution < 1.29 is 27.9 Å². The molecule has 35 heavy (non-hydrogen) atoms. The van der Waals surface area contributed by atoms with E-state index in [-0.39, 0.29) is 23.9 Å². The van der Waals surface area contributed by atoms with Gasteiger partial charge < -0.3 is 21.9 Å². The summed E-state index contributed by atoms with van der Waals surface area (Å²) in [5, 5.41) is 14.0. The number of aliphatic hydroxyl groups is 1. The van der Waals surface area contributed by atoms with Crippen LogP contribution >= 0.6 is 24.0 Å². The molecule has 2 aromatic rings. The van der Waals surface area contributed by atoms with Gasteiger partial charge in [0.25, 0.3) is 5.91 Å². The lowest BCUT2D eigenvalue weighted by Crippen LogP contribution is -2.51. The van der Waals surface area contributed by atoms with E-state index >= 15 is 0 Å². The summed E-state index contributed by atoms with van der Waals surface area (Å²) < 4.78 is 26.7. The summed E-state index contributed by atoms with van der Waals surface area (Å²) >= 11 is 5.83. The van der Waals surface area contributed by atoms with E-state index in [1.165, 1.54) is 36.4 Å². The zero-order valence-corrected chi connectivity index (χ0v) is 20.5. The van der Waals surface area contributed by atoms with Crippen LogP contribution in [-0.4, -0.2) is 56.4 Å². The smallest absolute Gasteiger partial charge is 0.257 e. The first-order chi connectivity index (χ1) is 16.0. The highest BCUT2D eigenvalue weighted by molar-refractivity contribution is 7.88. The number of nitrogens with zero attached hydrogens (tertiary/aromatic N) is 1. The maximum absolute atomic E-state index is 12.3. The fourth-order valence-corrected chi connectivity index (χ4v) is 4.18. The molecule has 2 rings (SSSR count). The zero-order chi connectivity index (χ0) is 25.3. The van der Waals surface area contributed by atoms with Gasteiger partial charge in [-0.05, 0) is 42.0 Å². The highest BCUT2D eigenvalue weighted by Crippen LogP contribution is 2.13. The van der Waals surface area contributed by atoms with E-state index in [1.807, 2.05) is 0 Å². The minimum absolute atomic E-state index is 0. The Morgan fingerprint density at radius 3 is 2.31 bits per heavy atom. The third kappa shape index (κ3) is 10.3. The maximum Gasteiger partial charge on any atom is 0.257 e. The van der Waals surface area contributed by atoms with Crippen LogP contribution in [0.1, 0.15) is 15.9 Å². The van der Waals surface area contributed by atoms with Gasteiger partial charge in [-0.15, -0.1) is 12.4 Å². The number of carbonyl (C=O) groups is 3. The Morgan fingerprint density at radius 1 is 1.09 bits per heavy atom. The largest absolute Gasteiger partial charge is 0.394 e. The zero-order valence-electron chi connectivity index (χ0n) is 18.1. The lowest BCUT2D eigenvalue weighted by atomic mass is 10.2. The Morgan fingerprint density at radius 2 is 1.74 bits per heavy atom. The molecule has 190 valence electrons. The van der Waals surface area contributed by atoms with Crippen LogP contribution in [0.15, 0.2) is 53.5 Å². The van der Waals surface area contributed by atoms with E-state index in [2.05, 4.69) is 20.3 Å². The van der Waals surface area contributed by atoms with Gasteiger partial charge >= 0.3 is 0 Å². The predicted molar refractivity (Wildman–Crippen MR) is 133 cm³/mol. The van der Waals surface area contributed by atoms with Crippen LogP contribution in [0.5, 0.6) is 0 Å². The highest BCUT2D eigenvalue weighted by Gasteiger charge is 2.24. The third-order valence-corrected chi connectivity index (χ3v) is 5.72. The molecule has 0 aliphatic carbocycles. The molecule has 1 atom stereocenters. The molecular weight excluding hydrogens is 523 g/mol. The summed E-state index contributed by atoms with van der Waals surface area (Å²) in [6, 6.07) is 10.3. The Kier molecular flexibility index (Phi) is 11.6. The van der Waals surface area contributed by atoms with Crippen LogP contribution in [0.25, 0.3) is 0 Å². The molecule has 8 N–H and O–H groups in total. The molecule has 0 radical (unpaired) electrons. The number of nitrogens with two attached hydrogens (primary N) is 2. The average molecular weight is 547 g/mol. The molecule has 0 heterocycles. The number of nitrogens with one attached hydrogen (secondary N) is 3. The van der Waals surface area contributed by atoms with Crippen LogP contribution in [0.3, 0.4) is 0 Å². The Bertz CT molecular complexity index is 1190. The number of carbonyl (C=O) groups excluding carboxylic acids is 3. The first-order valence-corrected chi connectivity index (χ1v) is 11.7. The van der Waals surface area contributed by atoms with E-state index in [4.69, 9.17) is 23.1 Å². The van der Waals surface area contributed by atoms with E-state index in [9.17, 15) is 27.9 Å². The molecule has 12 nitrogen and oxygen atoms in total. The minimum Gasteiger partial charge on any atom is -0.394 e. The molecule has 15 heteroatoms. The van der Waals surface area contributed by atoms with Gasteiger partial charge in [0.2, 0.25) is 21.8 Å². The van der Waals surface area contributed by atoms with Gasteiger partial charge in [0.05, 0.1) is 24.6 Å². The van der Waals surface area contributed by atoms with Gasteiger partial charge in [-0.25, -0.2) is 18.1 Å². The molecule has 0 aliphatic rings. The van der Waals surface area contributed by atoms with Crippen molar-refractivity contribution in [3.8, 4) is 0 Å². The van der Waals surface area contributed by atoms with E-state index in [1.54, 1.807) is 12.1 Å². The van der Waals surface area contributed by atoms with Gasteiger partial charge in [0.15, 0.2) is 5.96 Å². The van der Waals surface area contributed by atoms with Crippen LogP contribution < -0.4 is 26.8 Å². The molecule has 0 aliphatic heterocycles. The normalized spacial score (nSPS) is 11.5. The first kappa shape index (κ1) is 29.8. The molecule has 0 saturated carbocycles. The average Bonchev–Trinajstić information content (AvgIpc) is 2.75. The van der Waals surface area contributed by atoms with Gasteiger partial charge in [0, 0.05) is 10.6 Å². The Balaban J connectivity index is 0.00000612. The van der Waals surface area contributed by atoms with Crippen LogP contribution in [0.4, 0.5) is 5.69 Å². The third-order valence-electron chi connectivity index (χ3n) is 4.13. The van der Waals surface area contributed by atoms with Crippen molar-refractivity contribution in [2.24, 2.45) is 16.5 Å². The van der Waals surface area contributed by atoms with Gasteiger partial charge in [-0.1, -0.05) is 23.7 Å². The molecule has 0 saturated heterocycles. The van der Waals surface area contributed by atoms with Crippen molar-refractivity contribution >= 4 is 63.4 Å². The Hall–Kier alpha value is -3.23. The Labute approximate surface area is 212 Å². The number of rotatable bonds is 10. The molecule has 3 amide bonds. The molecule has 0 unspecified atom stereocenters. The van der Waals surface area contributed by atoms with Gasteiger partial charge in [-0.2, -0.15) is 0 Å². The summed E-state index contributed by atoms with van der Waals surface area (Å²) in [6.07, 6.45) is 0. The number of halogens is 2. The van der Waals surface area contributed by atoms with Crippen molar-refractivity contribution in [1.82, 2.24) is 15.4 Å².